The summed E-state index contributed by atoms with van der Waals surface area (Å²) < 4.78 is 0. The Morgan fingerprint density at radius 3 is 2.67 bits per heavy atom. The first-order valence-corrected chi connectivity index (χ1v) is 9.83. The molecular weight excluding hydrogens is 360 g/mol. The fraction of sp³-hybridized carbons (Fsp3) is 0.409. The first kappa shape index (κ1) is 19.7. The number of anilines is 1. The van der Waals surface area contributed by atoms with Gasteiger partial charge in [-0.1, -0.05) is 35.9 Å². The zero-order valence-corrected chi connectivity index (χ0v) is 16.9. The SMILES string of the molecule is CCN(c1ccc(Cl)c(C)c1)[C@@H](C)c1cccc(CN2CC(C(=O)O)C2)c1. The molecule has 1 fully saturated rings. The molecule has 5 heteroatoms. The zero-order chi connectivity index (χ0) is 19.6. The van der Waals surface area contributed by atoms with E-state index in [0.717, 1.165) is 23.7 Å². The van der Waals surface area contributed by atoms with Gasteiger partial charge in [-0.25, -0.2) is 0 Å². The van der Waals surface area contributed by atoms with Crippen molar-refractivity contribution in [3.05, 3.63) is 64.2 Å². The summed E-state index contributed by atoms with van der Waals surface area (Å²) >= 11 is 6.18. The molecular formula is C22H27ClN2O2. The van der Waals surface area contributed by atoms with Crippen LogP contribution in [-0.2, 0) is 11.3 Å². The average Bonchev–Trinajstić information content (AvgIpc) is 2.61. The molecule has 0 unspecified atom stereocenters. The Labute approximate surface area is 166 Å². The monoisotopic (exact) mass is 386 g/mol. The van der Waals surface area contributed by atoms with Crippen molar-refractivity contribution in [2.24, 2.45) is 5.92 Å². The standard InChI is InChI=1S/C22H27ClN2O2/c1-4-25(20-8-9-21(23)15(2)10-20)16(3)18-7-5-6-17(11-18)12-24-13-19(14-24)22(26)27/h5-11,16,19H,4,12-14H2,1-3H3,(H,26,27)/t16-/m0/s1. The van der Waals surface area contributed by atoms with Crippen LogP contribution in [0.25, 0.3) is 0 Å². The first-order valence-electron chi connectivity index (χ1n) is 9.45. The fourth-order valence-corrected chi connectivity index (χ4v) is 3.85. The highest BCUT2D eigenvalue weighted by Gasteiger charge is 2.32. The number of rotatable bonds is 7. The van der Waals surface area contributed by atoms with Gasteiger partial charge >= 0.3 is 5.97 Å². The van der Waals surface area contributed by atoms with Crippen LogP contribution in [0.5, 0.6) is 0 Å². The van der Waals surface area contributed by atoms with Gasteiger partial charge in [-0.3, -0.25) is 9.69 Å². The molecule has 2 aromatic carbocycles. The highest BCUT2D eigenvalue weighted by atomic mass is 35.5. The van der Waals surface area contributed by atoms with Crippen LogP contribution >= 0.6 is 11.6 Å². The minimum atomic E-state index is -0.689. The number of benzene rings is 2. The molecule has 1 aliphatic rings. The van der Waals surface area contributed by atoms with Crippen LogP contribution in [0.3, 0.4) is 0 Å². The molecule has 0 bridgehead atoms. The van der Waals surface area contributed by atoms with Gasteiger partial charge in [-0.2, -0.15) is 0 Å². The van der Waals surface area contributed by atoms with Gasteiger partial charge in [-0.05, 0) is 55.7 Å². The van der Waals surface area contributed by atoms with Crippen LogP contribution in [0.1, 0.15) is 36.6 Å². The minimum Gasteiger partial charge on any atom is -0.481 e. The van der Waals surface area contributed by atoms with Crippen LogP contribution in [0.15, 0.2) is 42.5 Å². The zero-order valence-electron chi connectivity index (χ0n) is 16.2. The van der Waals surface area contributed by atoms with E-state index in [-0.39, 0.29) is 12.0 Å². The number of nitrogens with zero attached hydrogens (tertiary/aromatic N) is 2. The van der Waals surface area contributed by atoms with E-state index in [9.17, 15) is 4.79 Å². The summed E-state index contributed by atoms with van der Waals surface area (Å²) in [5, 5.41) is 9.82. The second-order valence-electron chi connectivity index (χ2n) is 7.37. The number of halogens is 1. The van der Waals surface area contributed by atoms with Gasteiger partial charge in [0.05, 0.1) is 12.0 Å². The van der Waals surface area contributed by atoms with Crippen molar-refractivity contribution in [1.29, 1.82) is 0 Å². The van der Waals surface area contributed by atoms with Gasteiger partial charge in [-0.15, -0.1) is 0 Å². The molecule has 0 spiro atoms. The largest absolute Gasteiger partial charge is 0.481 e. The minimum absolute atomic E-state index is 0.212. The topological polar surface area (TPSA) is 43.8 Å². The lowest BCUT2D eigenvalue weighted by Crippen LogP contribution is -2.49. The summed E-state index contributed by atoms with van der Waals surface area (Å²) in [4.78, 5) is 15.5. The normalized spacial score (nSPS) is 16.0. The summed E-state index contributed by atoms with van der Waals surface area (Å²) in [6.07, 6.45) is 0. The number of hydrogen-bond acceptors (Lipinski definition) is 3. The molecule has 0 radical (unpaired) electrons. The molecule has 0 saturated carbocycles. The van der Waals surface area contributed by atoms with Gasteiger partial charge in [0.2, 0.25) is 0 Å². The van der Waals surface area contributed by atoms with Gasteiger partial charge in [0, 0.05) is 36.9 Å². The van der Waals surface area contributed by atoms with Crippen molar-refractivity contribution in [1.82, 2.24) is 4.90 Å². The average molecular weight is 387 g/mol. The Bertz CT molecular complexity index is 818. The van der Waals surface area contributed by atoms with Crippen LogP contribution in [0, 0.1) is 12.8 Å². The molecule has 144 valence electrons. The Kier molecular flexibility index (Phi) is 6.08. The Morgan fingerprint density at radius 1 is 1.30 bits per heavy atom. The highest BCUT2D eigenvalue weighted by molar-refractivity contribution is 6.31. The lowest BCUT2D eigenvalue weighted by Gasteiger charge is -2.37. The van der Waals surface area contributed by atoms with E-state index >= 15 is 0 Å². The van der Waals surface area contributed by atoms with E-state index < -0.39 is 5.97 Å². The maximum absolute atomic E-state index is 11.0. The van der Waals surface area contributed by atoms with E-state index in [1.165, 1.54) is 16.8 Å². The summed E-state index contributed by atoms with van der Waals surface area (Å²) in [5.74, 6) is -0.902. The number of hydrogen-bond donors (Lipinski definition) is 1. The van der Waals surface area contributed by atoms with Gasteiger partial charge in [0.15, 0.2) is 0 Å². The van der Waals surface area contributed by atoms with Crippen molar-refractivity contribution in [2.75, 3.05) is 24.5 Å². The summed E-state index contributed by atoms with van der Waals surface area (Å²) in [7, 11) is 0. The maximum atomic E-state index is 11.0. The molecule has 27 heavy (non-hydrogen) atoms. The Hall–Kier alpha value is -2.04. The first-order chi connectivity index (χ1) is 12.9. The molecule has 1 atom stereocenters. The molecule has 1 N–H and O–H groups in total. The molecule has 0 amide bonds. The fourth-order valence-electron chi connectivity index (χ4n) is 3.73. The van der Waals surface area contributed by atoms with Crippen molar-refractivity contribution in [3.63, 3.8) is 0 Å². The predicted octanol–water partition coefficient (Wildman–Crippen LogP) is 4.75. The molecule has 1 heterocycles. The van der Waals surface area contributed by atoms with E-state index in [0.29, 0.717) is 13.1 Å². The summed E-state index contributed by atoms with van der Waals surface area (Å²) in [5.41, 5.74) is 4.74. The van der Waals surface area contributed by atoms with Crippen molar-refractivity contribution >= 4 is 23.3 Å². The Morgan fingerprint density at radius 2 is 2.04 bits per heavy atom. The van der Waals surface area contributed by atoms with Crippen molar-refractivity contribution in [2.45, 2.75) is 33.4 Å². The third kappa shape index (κ3) is 4.45. The highest BCUT2D eigenvalue weighted by Crippen LogP contribution is 2.30. The summed E-state index contributed by atoms with van der Waals surface area (Å²) in [6.45, 7) is 9.39. The third-order valence-corrected chi connectivity index (χ3v) is 5.85. The third-order valence-electron chi connectivity index (χ3n) is 5.43. The molecule has 1 saturated heterocycles. The van der Waals surface area contributed by atoms with E-state index in [1.807, 2.05) is 13.0 Å². The second-order valence-corrected chi connectivity index (χ2v) is 7.78. The lowest BCUT2D eigenvalue weighted by molar-refractivity contribution is -0.147. The molecule has 2 aromatic rings. The van der Waals surface area contributed by atoms with Crippen LogP contribution in [-0.4, -0.2) is 35.6 Å². The van der Waals surface area contributed by atoms with Gasteiger partial charge in [0.1, 0.15) is 0 Å². The predicted molar refractivity (Wildman–Crippen MR) is 110 cm³/mol. The van der Waals surface area contributed by atoms with Crippen molar-refractivity contribution in [3.8, 4) is 0 Å². The second kappa shape index (κ2) is 8.32. The van der Waals surface area contributed by atoms with Crippen LogP contribution < -0.4 is 4.90 Å². The molecule has 3 rings (SSSR count). The Balaban J connectivity index is 1.72. The van der Waals surface area contributed by atoms with E-state index in [1.54, 1.807) is 0 Å². The van der Waals surface area contributed by atoms with E-state index in [2.05, 4.69) is 60.0 Å². The van der Waals surface area contributed by atoms with Crippen LogP contribution in [0.4, 0.5) is 5.69 Å². The maximum Gasteiger partial charge on any atom is 0.309 e. The number of aryl methyl sites for hydroxylation is 1. The molecule has 1 aliphatic heterocycles. The van der Waals surface area contributed by atoms with Gasteiger partial charge in [0.25, 0.3) is 0 Å². The molecule has 4 nitrogen and oxygen atoms in total. The van der Waals surface area contributed by atoms with Crippen LogP contribution in [0.2, 0.25) is 5.02 Å². The molecule has 0 aromatic heterocycles. The van der Waals surface area contributed by atoms with Gasteiger partial charge < -0.3 is 10.0 Å². The number of carboxylic acid groups (broad SMARTS) is 1. The van der Waals surface area contributed by atoms with Crippen molar-refractivity contribution < 1.29 is 9.90 Å². The van der Waals surface area contributed by atoms with E-state index in [4.69, 9.17) is 16.7 Å². The lowest BCUT2D eigenvalue weighted by atomic mass is 9.98. The number of carbonyl (C=O) groups is 1. The molecule has 0 aliphatic carbocycles. The summed E-state index contributed by atoms with van der Waals surface area (Å²) in [6, 6.07) is 15.0. The quantitative estimate of drug-likeness (QED) is 0.745. The number of carboxylic acids is 1. The number of aliphatic carboxylic acids is 1. The number of likely N-dealkylation sites (tertiary alicyclic amines) is 1. The smallest absolute Gasteiger partial charge is 0.309 e.